The Kier molecular flexibility index (Phi) is 5.78. The van der Waals surface area contributed by atoms with Gasteiger partial charge in [0.05, 0.1) is 5.70 Å². The Balaban J connectivity index is 3.16. The molecule has 2 nitrogen and oxygen atoms in total. The van der Waals surface area contributed by atoms with Crippen molar-refractivity contribution in [3.63, 3.8) is 0 Å². The fraction of sp³-hybridized carbons (Fsp3) is 0.250. The van der Waals surface area contributed by atoms with Crippen LogP contribution in [0.4, 0.5) is 0 Å². The zero-order valence-corrected chi connectivity index (χ0v) is 11.2. The maximum Gasteiger partial charge on any atom is 0.0658 e. The number of nitrogens with zero attached hydrogens (tertiary/aromatic N) is 2. The highest BCUT2D eigenvalue weighted by atomic mass is 14.7. The molecule has 0 aromatic rings. The van der Waals surface area contributed by atoms with E-state index in [1.165, 1.54) is 0 Å². The van der Waals surface area contributed by atoms with Crippen molar-refractivity contribution < 1.29 is 0 Å². The Hall–Kier alpha value is -1.96. The monoisotopic (exact) mass is 240 g/mol. The summed E-state index contributed by atoms with van der Waals surface area (Å²) >= 11 is 0. The maximum atomic E-state index is 4.37. The lowest BCUT2D eigenvalue weighted by atomic mass is 10.1. The molecule has 0 atom stereocenters. The molecule has 0 radical (unpaired) electrons. The average Bonchev–Trinajstić information content (AvgIpc) is 2.35. The standard InChI is InChI=1S/C16H20N2/c1-5-6-7-15-10-11-18-14(3)12-13(2)8-9-16(15)17-4/h6-9,11-12H,2,4-5,10H2,1,3H3/b7-6-,9-8-,14-12-,16-15+,18-11-. The fourth-order valence-corrected chi connectivity index (χ4v) is 1.61. The third kappa shape index (κ3) is 4.50. The Morgan fingerprint density at radius 2 is 2.22 bits per heavy atom. The van der Waals surface area contributed by atoms with Gasteiger partial charge in [0.25, 0.3) is 0 Å². The topological polar surface area (TPSA) is 24.7 Å². The molecule has 1 heterocycles. The van der Waals surface area contributed by atoms with Gasteiger partial charge in [0.1, 0.15) is 0 Å². The van der Waals surface area contributed by atoms with E-state index in [0.29, 0.717) is 0 Å². The molecule has 0 aromatic heterocycles. The summed E-state index contributed by atoms with van der Waals surface area (Å²) in [5.74, 6) is 0. The SMILES string of the molecule is C=NC1=C(\C=C/CC)C/C=N\C(C)=C/C(=C)/C=C\1. The van der Waals surface area contributed by atoms with Gasteiger partial charge in [-0.3, -0.25) is 9.98 Å². The second-order valence-corrected chi connectivity index (χ2v) is 4.09. The van der Waals surface area contributed by atoms with Gasteiger partial charge in [-0.05, 0) is 43.4 Å². The van der Waals surface area contributed by atoms with E-state index in [4.69, 9.17) is 0 Å². The Morgan fingerprint density at radius 3 is 2.89 bits per heavy atom. The zero-order valence-electron chi connectivity index (χ0n) is 11.2. The Bertz CT molecular complexity index is 471. The van der Waals surface area contributed by atoms with Crippen LogP contribution >= 0.6 is 0 Å². The van der Waals surface area contributed by atoms with Crippen molar-refractivity contribution in [2.24, 2.45) is 9.98 Å². The second kappa shape index (κ2) is 7.38. The normalized spacial score (nSPS) is 27.7. The second-order valence-electron chi connectivity index (χ2n) is 4.09. The van der Waals surface area contributed by atoms with Gasteiger partial charge < -0.3 is 0 Å². The molecule has 0 fully saturated rings. The first kappa shape index (κ1) is 14.1. The van der Waals surface area contributed by atoms with E-state index in [0.717, 1.165) is 35.4 Å². The van der Waals surface area contributed by atoms with Crippen molar-refractivity contribution in [1.82, 2.24) is 0 Å². The molecular formula is C16H20N2. The third-order valence-corrected chi connectivity index (χ3v) is 2.51. The van der Waals surface area contributed by atoms with Gasteiger partial charge in [0, 0.05) is 18.3 Å². The van der Waals surface area contributed by atoms with E-state index in [1.54, 1.807) is 0 Å². The van der Waals surface area contributed by atoms with Crippen LogP contribution in [0.15, 0.2) is 69.5 Å². The molecule has 0 unspecified atom stereocenters. The Morgan fingerprint density at radius 1 is 1.44 bits per heavy atom. The third-order valence-electron chi connectivity index (χ3n) is 2.51. The molecule has 0 saturated carbocycles. The van der Waals surface area contributed by atoms with Crippen LogP contribution in [0.2, 0.25) is 0 Å². The molecular weight excluding hydrogens is 220 g/mol. The first-order valence-electron chi connectivity index (χ1n) is 6.11. The van der Waals surface area contributed by atoms with Crippen molar-refractivity contribution in [2.75, 3.05) is 0 Å². The molecule has 1 aliphatic heterocycles. The van der Waals surface area contributed by atoms with Crippen LogP contribution in [-0.4, -0.2) is 12.9 Å². The number of hydrogen-bond acceptors (Lipinski definition) is 2. The maximum absolute atomic E-state index is 4.37. The molecule has 18 heavy (non-hydrogen) atoms. The molecule has 0 aromatic carbocycles. The quantitative estimate of drug-likeness (QED) is 0.653. The van der Waals surface area contributed by atoms with Gasteiger partial charge in [-0.1, -0.05) is 31.7 Å². The average molecular weight is 240 g/mol. The van der Waals surface area contributed by atoms with E-state index >= 15 is 0 Å². The summed E-state index contributed by atoms with van der Waals surface area (Å²) in [6.45, 7) is 11.7. The smallest absolute Gasteiger partial charge is 0.0658 e. The summed E-state index contributed by atoms with van der Waals surface area (Å²) in [4.78, 5) is 8.45. The van der Waals surface area contributed by atoms with Gasteiger partial charge in [-0.2, -0.15) is 0 Å². The zero-order chi connectivity index (χ0) is 13.4. The largest absolute Gasteiger partial charge is 0.266 e. The number of allylic oxidation sites excluding steroid dienone is 8. The van der Waals surface area contributed by atoms with Gasteiger partial charge in [-0.15, -0.1) is 0 Å². The summed E-state index contributed by atoms with van der Waals surface area (Å²) < 4.78 is 0. The number of rotatable bonds is 3. The predicted molar refractivity (Wildman–Crippen MR) is 81.2 cm³/mol. The van der Waals surface area contributed by atoms with Crippen LogP contribution in [-0.2, 0) is 0 Å². The van der Waals surface area contributed by atoms with Crippen LogP contribution < -0.4 is 0 Å². The highest BCUT2D eigenvalue weighted by Crippen LogP contribution is 2.16. The minimum atomic E-state index is 0.757. The molecule has 1 rings (SSSR count). The van der Waals surface area contributed by atoms with Crippen molar-refractivity contribution in [1.29, 1.82) is 0 Å². The minimum absolute atomic E-state index is 0.757. The lowest BCUT2D eigenvalue weighted by Crippen LogP contribution is -1.89. The highest BCUT2D eigenvalue weighted by molar-refractivity contribution is 5.65. The van der Waals surface area contributed by atoms with Crippen LogP contribution in [0, 0.1) is 0 Å². The van der Waals surface area contributed by atoms with E-state index < -0.39 is 0 Å². The molecule has 1 aliphatic rings. The first-order valence-corrected chi connectivity index (χ1v) is 6.11. The van der Waals surface area contributed by atoms with E-state index in [9.17, 15) is 0 Å². The Labute approximate surface area is 110 Å². The summed E-state index contributed by atoms with van der Waals surface area (Å²) in [7, 11) is 0. The molecule has 0 amide bonds. The molecule has 0 spiro atoms. The van der Waals surface area contributed by atoms with Gasteiger partial charge in [0.15, 0.2) is 0 Å². The van der Waals surface area contributed by atoms with Crippen LogP contribution in [0.3, 0.4) is 0 Å². The van der Waals surface area contributed by atoms with Crippen LogP contribution in [0.25, 0.3) is 0 Å². The lowest BCUT2D eigenvalue weighted by molar-refractivity contribution is 1.19. The number of hydrogen-bond donors (Lipinski definition) is 0. The molecule has 0 N–H and O–H groups in total. The van der Waals surface area contributed by atoms with Crippen molar-refractivity contribution in [3.8, 4) is 0 Å². The molecule has 0 aliphatic carbocycles. The van der Waals surface area contributed by atoms with E-state index in [-0.39, 0.29) is 0 Å². The summed E-state index contributed by atoms with van der Waals surface area (Å²) in [5.41, 5.74) is 3.86. The summed E-state index contributed by atoms with van der Waals surface area (Å²) in [6, 6.07) is 0. The highest BCUT2D eigenvalue weighted by Gasteiger charge is 2.00. The van der Waals surface area contributed by atoms with Crippen molar-refractivity contribution in [3.05, 3.63) is 59.5 Å². The first-order chi connectivity index (χ1) is 8.67. The van der Waals surface area contributed by atoms with E-state index in [2.05, 4.69) is 42.4 Å². The summed E-state index contributed by atoms with van der Waals surface area (Å²) in [6.07, 6.45) is 13.7. The molecule has 0 saturated heterocycles. The number of aliphatic imine (C=N–C) groups is 2. The van der Waals surface area contributed by atoms with Gasteiger partial charge in [-0.25, -0.2) is 0 Å². The van der Waals surface area contributed by atoms with Crippen molar-refractivity contribution >= 4 is 12.9 Å². The van der Waals surface area contributed by atoms with Crippen molar-refractivity contribution in [2.45, 2.75) is 26.7 Å². The molecule has 0 bridgehead atoms. The van der Waals surface area contributed by atoms with Crippen LogP contribution in [0.1, 0.15) is 26.7 Å². The lowest BCUT2D eigenvalue weighted by Gasteiger charge is -2.04. The van der Waals surface area contributed by atoms with Gasteiger partial charge >= 0.3 is 0 Å². The fourth-order valence-electron chi connectivity index (χ4n) is 1.61. The molecule has 2 heteroatoms. The summed E-state index contributed by atoms with van der Waals surface area (Å²) in [5, 5.41) is 0. The minimum Gasteiger partial charge on any atom is -0.266 e. The molecule has 94 valence electrons. The van der Waals surface area contributed by atoms with Gasteiger partial charge in [0.2, 0.25) is 0 Å². The van der Waals surface area contributed by atoms with E-state index in [1.807, 2.05) is 31.4 Å². The van der Waals surface area contributed by atoms with Crippen LogP contribution in [0.5, 0.6) is 0 Å². The predicted octanol–water partition coefficient (Wildman–Crippen LogP) is 4.40.